The number of nitrogens with one attached hydrogen (secondary N) is 2. The average Bonchev–Trinajstić information content (AvgIpc) is 2.81. The molecule has 0 aliphatic carbocycles. The first-order valence-corrected chi connectivity index (χ1v) is 6.80. The maximum atomic E-state index is 10.6. The second-order valence-corrected chi connectivity index (χ2v) is 4.97. The molecule has 1 heterocycles. The van der Waals surface area contributed by atoms with Crippen molar-refractivity contribution in [2.75, 3.05) is 26.2 Å². The van der Waals surface area contributed by atoms with E-state index in [0.717, 1.165) is 4.88 Å². The van der Waals surface area contributed by atoms with E-state index in [4.69, 9.17) is 4.74 Å². The van der Waals surface area contributed by atoms with Crippen molar-refractivity contribution < 1.29 is 14.6 Å². The molecule has 1 unspecified atom stereocenters. The highest BCUT2D eigenvalue weighted by molar-refractivity contribution is 7.09. The first-order chi connectivity index (χ1) is 8.68. The van der Waals surface area contributed by atoms with Crippen molar-refractivity contribution >= 4 is 17.2 Å². The van der Waals surface area contributed by atoms with E-state index in [-0.39, 0.29) is 5.91 Å². The van der Waals surface area contributed by atoms with Crippen LogP contribution in [0.2, 0.25) is 0 Å². The second kappa shape index (κ2) is 9.04. The summed E-state index contributed by atoms with van der Waals surface area (Å²) in [6.07, 6.45) is -0.526. The Hall–Kier alpha value is -0.950. The third-order valence-electron chi connectivity index (χ3n) is 2.19. The van der Waals surface area contributed by atoms with Gasteiger partial charge in [0.05, 0.1) is 19.3 Å². The molecule has 1 aromatic rings. The molecule has 18 heavy (non-hydrogen) atoms. The summed E-state index contributed by atoms with van der Waals surface area (Å²) < 4.78 is 5.39. The number of aliphatic hydroxyl groups is 1. The van der Waals surface area contributed by atoms with E-state index in [2.05, 4.69) is 10.6 Å². The lowest BCUT2D eigenvalue weighted by atomic mass is 10.3. The molecule has 0 aliphatic heterocycles. The van der Waals surface area contributed by atoms with Crippen molar-refractivity contribution in [3.8, 4) is 0 Å². The Kier molecular flexibility index (Phi) is 7.59. The summed E-state index contributed by atoms with van der Waals surface area (Å²) in [5.41, 5.74) is 0. The van der Waals surface area contributed by atoms with Gasteiger partial charge >= 0.3 is 0 Å². The van der Waals surface area contributed by atoms with Crippen molar-refractivity contribution in [3.63, 3.8) is 0 Å². The van der Waals surface area contributed by atoms with Crippen molar-refractivity contribution in [2.24, 2.45) is 0 Å². The second-order valence-electron chi connectivity index (χ2n) is 3.94. The normalized spacial score (nSPS) is 12.3. The molecule has 1 amide bonds. The number of carbonyl (C=O) groups excluding carboxylic acids is 1. The number of hydrogen-bond donors (Lipinski definition) is 3. The van der Waals surface area contributed by atoms with E-state index in [9.17, 15) is 9.90 Å². The average molecular weight is 272 g/mol. The van der Waals surface area contributed by atoms with Crippen molar-refractivity contribution in [2.45, 2.75) is 19.6 Å². The smallest absolute Gasteiger partial charge is 0.216 e. The summed E-state index contributed by atoms with van der Waals surface area (Å²) in [6, 6.07) is 3.98. The van der Waals surface area contributed by atoms with Crippen molar-refractivity contribution in [3.05, 3.63) is 22.4 Å². The van der Waals surface area contributed by atoms with Crippen LogP contribution in [-0.2, 0) is 16.1 Å². The minimum Gasteiger partial charge on any atom is -0.389 e. The zero-order valence-electron chi connectivity index (χ0n) is 10.5. The molecule has 1 atom stereocenters. The Bertz CT molecular complexity index is 330. The first kappa shape index (κ1) is 15.1. The lowest BCUT2D eigenvalue weighted by Crippen LogP contribution is -2.35. The van der Waals surface area contributed by atoms with Gasteiger partial charge in [-0.1, -0.05) is 6.07 Å². The fourth-order valence-electron chi connectivity index (χ4n) is 1.34. The number of hydrogen-bond acceptors (Lipinski definition) is 5. The zero-order valence-corrected chi connectivity index (χ0v) is 11.3. The van der Waals surface area contributed by atoms with Crippen molar-refractivity contribution in [1.29, 1.82) is 0 Å². The van der Waals surface area contributed by atoms with E-state index in [1.165, 1.54) is 6.92 Å². The molecular formula is C12H20N2O3S. The van der Waals surface area contributed by atoms with Gasteiger partial charge in [0, 0.05) is 31.4 Å². The molecular weight excluding hydrogens is 252 g/mol. The van der Waals surface area contributed by atoms with Crippen LogP contribution in [-0.4, -0.2) is 43.4 Å². The predicted molar refractivity (Wildman–Crippen MR) is 71.5 cm³/mol. The number of rotatable bonds is 9. The van der Waals surface area contributed by atoms with Crippen LogP contribution >= 0.6 is 11.3 Å². The van der Waals surface area contributed by atoms with Crippen LogP contribution in [0.15, 0.2) is 17.5 Å². The molecule has 0 aromatic carbocycles. The largest absolute Gasteiger partial charge is 0.389 e. The Labute approximate surface area is 111 Å². The van der Waals surface area contributed by atoms with E-state index < -0.39 is 6.10 Å². The van der Waals surface area contributed by atoms with Gasteiger partial charge in [0.15, 0.2) is 0 Å². The van der Waals surface area contributed by atoms with Crippen LogP contribution in [0.4, 0.5) is 0 Å². The van der Waals surface area contributed by atoms with Crippen molar-refractivity contribution in [1.82, 2.24) is 10.6 Å². The molecule has 0 radical (unpaired) electrons. The summed E-state index contributed by atoms with van der Waals surface area (Å²) in [6.45, 7) is 4.00. The minimum absolute atomic E-state index is 0.0448. The van der Waals surface area contributed by atoms with Crippen LogP contribution in [0, 0.1) is 0 Å². The lowest BCUT2D eigenvalue weighted by molar-refractivity contribution is -0.118. The van der Waals surface area contributed by atoms with Gasteiger partial charge in [-0.2, -0.15) is 0 Å². The first-order valence-electron chi connectivity index (χ1n) is 5.92. The van der Waals surface area contributed by atoms with Gasteiger partial charge in [0.2, 0.25) is 5.91 Å². The van der Waals surface area contributed by atoms with Gasteiger partial charge in [0.1, 0.15) is 0 Å². The maximum absolute atomic E-state index is 10.6. The predicted octanol–water partition coefficient (Wildman–Crippen LogP) is 0.351. The number of ether oxygens (including phenoxy) is 1. The van der Waals surface area contributed by atoms with Gasteiger partial charge in [-0.25, -0.2) is 0 Å². The number of thiophene rings is 1. The summed E-state index contributed by atoms with van der Waals surface area (Å²) in [5, 5.41) is 17.3. The SMILES string of the molecule is CC(=O)NCCNCC(O)COCc1cccs1. The number of carbonyl (C=O) groups is 1. The van der Waals surface area contributed by atoms with E-state index in [0.29, 0.717) is 32.8 Å². The molecule has 102 valence electrons. The van der Waals surface area contributed by atoms with Crippen LogP contribution in [0.1, 0.15) is 11.8 Å². The van der Waals surface area contributed by atoms with E-state index in [1.54, 1.807) is 11.3 Å². The van der Waals surface area contributed by atoms with Gasteiger partial charge in [0.25, 0.3) is 0 Å². The summed E-state index contributed by atoms with van der Waals surface area (Å²) in [4.78, 5) is 11.7. The highest BCUT2D eigenvalue weighted by Gasteiger charge is 2.04. The molecule has 5 nitrogen and oxygen atoms in total. The summed E-state index contributed by atoms with van der Waals surface area (Å²) in [7, 11) is 0. The molecule has 0 spiro atoms. The minimum atomic E-state index is -0.526. The highest BCUT2D eigenvalue weighted by Crippen LogP contribution is 2.09. The summed E-state index contributed by atoms with van der Waals surface area (Å²) in [5.74, 6) is -0.0448. The van der Waals surface area contributed by atoms with Gasteiger partial charge in [-0.15, -0.1) is 11.3 Å². The van der Waals surface area contributed by atoms with Gasteiger partial charge in [-0.05, 0) is 11.4 Å². The monoisotopic (exact) mass is 272 g/mol. The van der Waals surface area contributed by atoms with E-state index >= 15 is 0 Å². The Balaban J connectivity index is 1.93. The fraction of sp³-hybridized carbons (Fsp3) is 0.583. The quantitative estimate of drug-likeness (QED) is 0.567. The molecule has 6 heteroatoms. The van der Waals surface area contributed by atoms with Crippen LogP contribution in [0.3, 0.4) is 0 Å². The topological polar surface area (TPSA) is 70.6 Å². The molecule has 0 bridgehead atoms. The molecule has 0 saturated heterocycles. The molecule has 1 aromatic heterocycles. The number of amides is 1. The highest BCUT2D eigenvalue weighted by atomic mass is 32.1. The number of aliphatic hydroxyl groups excluding tert-OH is 1. The zero-order chi connectivity index (χ0) is 13.2. The molecule has 3 N–H and O–H groups in total. The molecule has 0 aliphatic rings. The lowest BCUT2D eigenvalue weighted by Gasteiger charge is -2.12. The van der Waals surface area contributed by atoms with E-state index in [1.807, 2.05) is 17.5 Å². The Morgan fingerprint density at radius 2 is 2.39 bits per heavy atom. The Morgan fingerprint density at radius 3 is 3.06 bits per heavy atom. The van der Waals surface area contributed by atoms with Crippen LogP contribution in [0.5, 0.6) is 0 Å². The molecule has 0 saturated carbocycles. The molecule has 1 rings (SSSR count). The Morgan fingerprint density at radius 1 is 1.56 bits per heavy atom. The third-order valence-corrected chi connectivity index (χ3v) is 3.04. The standard InChI is InChI=1S/C12H20N2O3S/c1-10(15)14-5-4-13-7-11(16)8-17-9-12-3-2-6-18-12/h2-3,6,11,13,16H,4-5,7-9H2,1H3,(H,14,15). The van der Waals surface area contributed by atoms with Crippen LogP contribution in [0.25, 0.3) is 0 Å². The third kappa shape index (κ3) is 7.39. The fourth-order valence-corrected chi connectivity index (χ4v) is 1.99. The maximum Gasteiger partial charge on any atom is 0.216 e. The molecule has 0 fully saturated rings. The van der Waals surface area contributed by atoms with Gasteiger partial charge < -0.3 is 20.5 Å². The van der Waals surface area contributed by atoms with Crippen LogP contribution < -0.4 is 10.6 Å². The summed E-state index contributed by atoms with van der Waals surface area (Å²) >= 11 is 1.64. The van der Waals surface area contributed by atoms with Gasteiger partial charge in [-0.3, -0.25) is 4.79 Å².